The fourth-order valence-corrected chi connectivity index (χ4v) is 2.00. The van der Waals surface area contributed by atoms with Crippen molar-refractivity contribution in [3.63, 3.8) is 0 Å². The van der Waals surface area contributed by atoms with Gasteiger partial charge in [0.25, 0.3) is 0 Å². The van der Waals surface area contributed by atoms with Gasteiger partial charge in [-0.15, -0.1) is 13.2 Å². The number of ether oxygens (including phenoxy) is 1. The summed E-state index contributed by atoms with van der Waals surface area (Å²) in [5.41, 5.74) is 1.80. The lowest BCUT2D eigenvalue weighted by Gasteiger charge is -2.24. The van der Waals surface area contributed by atoms with Crippen LogP contribution in [0.25, 0.3) is 0 Å². The molecule has 0 aliphatic carbocycles. The third-order valence-corrected chi connectivity index (χ3v) is 2.75. The van der Waals surface area contributed by atoms with Crippen molar-refractivity contribution in [1.82, 2.24) is 4.90 Å². The summed E-state index contributed by atoms with van der Waals surface area (Å²) in [5, 5.41) is 0. The molecule has 0 spiro atoms. The van der Waals surface area contributed by atoms with Gasteiger partial charge in [0.2, 0.25) is 0 Å². The van der Waals surface area contributed by atoms with E-state index in [1.54, 1.807) is 4.90 Å². The van der Waals surface area contributed by atoms with Gasteiger partial charge in [0.05, 0.1) is 6.54 Å². The summed E-state index contributed by atoms with van der Waals surface area (Å²) in [6.07, 6.45) is -0.268. The molecule has 1 aliphatic heterocycles. The first-order chi connectivity index (χ1) is 8.20. The molecular weight excluding hydrogens is 294 g/mol. The normalized spacial score (nSPS) is 15.1. The zero-order valence-corrected chi connectivity index (χ0v) is 13.3. The van der Waals surface area contributed by atoms with Crippen molar-refractivity contribution in [1.29, 1.82) is 0 Å². The molecule has 0 saturated heterocycles. The molecule has 1 amide bonds. The lowest BCUT2D eigenvalue weighted by molar-refractivity contribution is 0.0300. The van der Waals surface area contributed by atoms with Crippen molar-refractivity contribution in [2.24, 2.45) is 0 Å². The fraction of sp³-hybridized carbons (Fsp3) is 0.500. The van der Waals surface area contributed by atoms with Gasteiger partial charge in [0, 0.05) is 11.0 Å². The number of carbonyl (C=O) groups is 1. The molecule has 4 heteroatoms. The maximum Gasteiger partial charge on any atom is 0.410 e. The highest BCUT2D eigenvalue weighted by Gasteiger charge is 2.28. The third-order valence-electron chi connectivity index (χ3n) is 2.27. The molecule has 0 N–H and O–H groups in total. The molecule has 3 nitrogen and oxygen atoms in total. The summed E-state index contributed by atoms with van der Waals surface area (Å²) in [6, 6.07) is 0. The van der Waals surface area contributed by atoms with E-state index < -0.39 is 5.60 Å². The van der Waals surface area contributed by atoms with Gasteiger partial charge in [-0.05, 0) is 38.8 Å². The van der Waals surface area contributed by atoms with Gasteiger partial charge in [-0.1, -0.05) is 22.5 Å². The smallest absolute Gasteiger partial charge is 0.410 e. The lowest BCUT2D eigenvalue weighted by atomic mass is 10.2. The summed E-state index contributed by atoms with van der Waals surface area (Å²) in [4.78, 5) is 13.5. The average Bonchev–Trinajstić information content (AvgIpc) is 2.61. The van der Waals surface area contributed by atoms with Gasteiger partial charge < -0.3 is 4.74 Å². The summed E-state index contributed by atoms with van der Waals surface area (Å²) in [6.45, 7) is 18.6. The van der Waals surface area contributed by atoms with Crippen LogP contribution in [0.3, 0.4) is 0 Å². The van der Waals surface area contributed by atoms with Crippen molar-refractivity contribution < 1.29 is 9.53 Å². The van der Waals surface area contributed by atoms with Crippen LogP contribution in [0.15, 0.2) is 35.4 Å². The maximum absolute atomic E-state index is 11.8. The highest BCUT2D eigenvalue weighted by Crippen LogP contribution is 2.27. The standard InChI is InChI=1S/C12H18BrNO2.C2H4/c1-8-6-14(7-10(8)9(2)13)11(15)16-12(3,4)5;1-2/h2,6-7H2,1,3-5H3;1-2H2. The Hall–Kier alpha value is -1.03. The average molecular weight is 316 g/mol. The Morgan fingerprint density at radius 1 is 1.33 bits per heavy atom. The second kappa shape index (κ2) is 6.78. The van der Waals surface area contributed by atoms with Crippen LogP contribution in [0.1, 0.15) is 27.7 Å². The minimum absolute atomic E-state index is 0.268. The quantitative estimate of drug-likeness (QED) is 0.676. The van der Waals surface area contributed by atoms with E-state index in [1.807, 2.05) is 27.7 Å². The van der Waals surface area contributed by atoms with Crippen LogP contribution in [0, 0.1) is 0 Å². The fourth-order valence-electron chi connectivity index (χ4n) is 1.54. The molecule has 0 aromatic carbocycles. The second-order valence-electron chi connectivity index (χ2n) is 5.00. The molecule has 102 valence electrons. The number of halogens is 1. The molecule has 0 saturated carbocycles. The molecule has 18 heavy (non-hydrogen) atoms. The molecule has 0 bridgehead atoms. The monoisotopic (exact) mass is 315 g/mol. The SMILES string of the molecule is C=C.C=C(Br)C1=C(C)CN(C(=O)OC(C)(C)C)C1. The molecule has 0 unspecified atom stereocenters. The highest BCUT2D eigenvalue weighted by atomic mass is 79.9. The van der Waals surface area contributed by atoms with Crippen molar-refractivity contribution in [3.8, 4) is 0 Å². The summed E-state index contributed by atoms with van der Waals surface area (Å²) in [5.74, 6) is 0. The molecule has 0 aromatic rings. The predicted molar refractivity (Wildman–Crippen MR) is 79.8 cm³/mol. The van der Waals surface area contributed by atoms with Gasteiger partial charge in [-0.25, -0.2) is 4.79 Å². The van der Waals surface area contributed by atoms with Crippen LogP contribution in [0.2, 0.25) is 0 Å². The second-order valence-corrected chi connectivity index (χ2v) is 5.96. The molecule has 0 aromatic heterocycles. The molecule has 1 rings (SSSR count). The summed E-state index contributed by atoms with van der Waals surface area (Å²) >= 11 is 3.35. The number of amides is 1. The molecule has 0 fully saturated rings. The van der Waals surface area contributed by atoms with Gasteiger partial charge in [-0.2, -0.15) is 0 Å². The Kier molecular flexibility index (Phi) is 6.39. The van der Waals surface area contributed by atoms with E-state index in [0.717, 1.165) is 15.6 Å². The van der Waals surface area contributed by atoms with E-state index in [2.05, 4.69) is 35.7 Å². The van der Waals surface area contributed by atoms with E-state index in [9.17, 15) is 4.79 Å². The van der Waals surface area contributed by atoms with Crippen LogP contribution in [0.5, 0.6) is 0 Å². The minimum Gasteiger partial charge on any atom is -0.444 e. The number of hydrogen-bond donors (Lipinski definition) is 0. The van der Waals surface area contributed by atoms with E-state index >= 15 is 0 Å². The van der Waals surface area contributed by atoms with Gasteiger partial charge in [0.15, 0.2) is 0 Å². The predicted octanol–water partition coefficient (Wildman–Crippen LogP) is 4.26. The van der Waals surface area contributed by atoms with Gasteiger partial charge >= 0.3 is 6.09 Å². The Morgan fingerprint density at radius 3 is 2.17 bits per heavy atom. The maximum atomic E-state index is 11.8. The third kappa shape index (κ3) is 5.08. The van der Waals surface area contributed by atoms with E-state index in [-0.39, 0.29) is 6.09 Å². The summed E-state index contributed by atoms with van der Waals surface area (Å²) < 4.78 is 6.16. The van der Waals surface area contributed by atoms with Crippen molar-refractivity contribution in [3.05, 3.63) is 35.4 Å². The van der Waals surface area contributed by atoms with Crippen molar-refractivity contribution in [2.75, 3.05) is 13.1 Å². The van der Waals surface area contributed by atoms with E-state index in [0.29, 0.717) is 13.1 Å². The van der Waals surface area contributed by atoms with Crippen LogP contribution in [-0.4, -0.2) is 29.7 Å². The largest absolute Gasteiger partial charge is 0.444 e. The Bertz CT molecular complexity index is 366. The topological polar surface area (TPSA) is 29.5 Å². The molecular formula is C14H22BrNO2. The number of nitrogens with zero attached hydrogens (tertiary/aromatic N) is 1. The molecule has 1 aliphatic rings. The first-order valence-electron chi connectivity index (χ1n) is 5.72. The zero-order chi connectivity index (χ0) is 14.5. The highest BCUT2D eigenvalue weighted by molar-refractivity contribution is 9.11. The van der Waals surface area contributed by atoms with Crippen molar-refractivity contribution >= 4 is 22.0 Å². The van der Waals surface area contributed by atoms with Gasteiger partial charge in [-0.3, -0.25) is 4.90 Å². The van der Waals surface area contributed by atoms with Crippen LogP contribution < -0.4 is 0 Å². The van der Waals surface area contributed by atoms with Crippen LogP contribution in [-0.2, 0) is 4.74 Å². The first kappa shape index (κ1) is 17.0. The Labute approximate surface area is 118 Å². The Morgan fingerprint density at radius 2 is 1.83 bits per heavy atom. The lowest BCUT2D eigenvalue weighted by Crippen LogP contribution is -2.35. The van der Waals surface area contributed by atoms with E-state index in [4.69, 9.17) is 4.74 Å². The molecule has 0 atom stereocenters. The summed E-state index contributed by atoms with van der Waals surface area (Å²) in [7, 11) is 0. The van der Waals surface area contributed by atoms with Crippen LogP contribution >= 0.6 is 15.9 Å². The van der Waals surface area contributed by atoms with E-state index in [1.165, 1.54) is 0 Å². The van der Waals surface area contributed by atoms with Crippen molar-refractivity contribution in [2.45, 2.75) is 33.3 Å². The molecule has 0 radical (unpaired) electrons. The minimum atomic E-state index is -0.445. The molecule has 1 heterocycles. The number of hydrogen-bond acceptors (Lipinski definition) is 2. The van der Waals surface area contributed by atoms with Gasteiger partial charge in [0.1, 0.15) is 5.60 Å². The Balaban J connectivity index is 0.00000137. The van der Waals surface area contributed by atoms with Crippen LogP contribution in [0.4, 0.5) is 4.79 Å². The number of carbonyl (C=O) groups excluding carboxylic acids is 1. The first-order valence-corrected chi connectivity index (χ1v) is 6.51. The number of rotatable bonds is 1. The zero-order valence-electron chi connectivity index (χ0n) is 11.7.